The molecule has 0 aliphatic carbocycles. The quantitative estimate of drug-likeness (QED) is 0.730. The maximum absolute atomic E-state index is 12.8. The van der Waals surface area contributed by atoms with Crippen LogP contribution in [0.2, 0.25) is 0 Å². The first-order valence-corrected chi connectivity index (χ1v) is 8.59. The Balaban J connectivity index is 1.93. The number of hydrogen-bond acceptors (Lipinski definition) is 4. The molecule has 0 radical (unpaired) electrons. The molecule has 2 heterocycles. The Hall–Kier alpha value is -1.51. The number of aromatic nitrogens is 2. The molecule has 3 rings (SSSR count). The van der Waals surface area contributed by atoms with E-state index in [0.717, 1.165) is 22.8 Å². The molecule has 122 valence electrons. The molecule has 0 aliphatic rings. The lowest BCUT2D eigenvalue weighted by molar-refractivity contribution is -0.137. The molecule has 0 unspecified atom stereocenters. The number of thiazole rings is 1. The topological polar surface area (TPSA) is 37.5 Å². The number of aliphatic hydroxyl groups is 1. The van der Waals surface area contributed by atoms with Crippen molar-refractivity contribution in [2.75, 3.05) is 6.61 Å². The summed E-state index contributed by atoms with van der Waals surface area (Å²) in [4.78, 5) is 5.79. The van der Waals surface area contributed by atoms with Gasteiger partial charge in [-0.05, 0) is 31.0 Å². The van der Waals surface area contributed by atoms with Gasteiger partial charge in [0.2, 0.25) is 0 Å². The first-order chi connectivity index (χ1) is 11.0. The number of benzene rings is 1. The summed E-state index contributed by atoms with van der Waals surface area (Å²) in [6.45, 7) is 0.0606. The molecule has 0 aliphatic heterocycles. The number of nitrogens with zero attached hydrogens (tertiary/aromatic N) is 2. The Bertz CT molecular complexity index is 811. The number of alkyl halides is 3. The lowest BCUT2D eigenvalue weighted by Gasteiger charge is -2.08. The van der Waals surface area contributed by atoms with Crippen molar-refractivity contribution in [2.24, 2.45) is 0 Å². The Morgan fingerprint density at radius 3 is 2.87 bits per heavy atom. The summed E-state index contributed by atoms with van der Waals surface area (Å²) in [7, 11) is 0. The van der Waals surface area contributed by atoms with Gasteiger partial charge in [0.05, 0.1) is 11.3 Å². The fourth-order valence-electron chi connectivity index (χ4n) is 2.22. The highest BCUT2D eigenvalue weighted by Gasteiger charge is 2.30. The van der Waals surface area contributed by atoms with E-state index >= 15 is 0 Å². The molecule has 2 aromatic heterocycles. The van der Waals surface area contributed by atoms with Crippen molar-refractivity contribution in [1.29, 1.82) is 0 Å². The number of aliphatic hydroxyl groups excluding tert-OH is 1. The van der Waals surface area contributed by atoms with E-state index in [1.165, 1.54) is 29.2 Å². The van der Waals surface area contributed by atoms with Crippen LogP contribution < -0.4 is 0 Å². The van der Waals surface area contributed by atoms with Crippen molar-refractivity contribution in [2.45, 2.75) is 28.9 Å². The van der Waals surface area contributed by atoms with Crippen LogP contribution in [0.4, 0.5) is 13.2 Å². The molecule has 0 fully saturated rings. The van der Waals surface area contributed by atoms with E-state index in [2.05, 4.69) is 4.98 Å². The lowest BCUT2D eigenvalue weighted by atomic mass is 10.2. The molecule has 8 heteroatoms. The predicted octanol–water partition coefficient (Wildman–Crippen LogP) is 4.49. The first kappa shape index (κ1) is 16.4. The van der Waals surface area contributed by atoms with E-state index in [9.17, 15) is 13.2 Å². The van der Waals surface area contributed by atoms with Crippen LogP contribution in [-0.2, 0) is 12.6 Å². The average molecular weight is 358 g/mol. The molecule has 0 saturated heterocycles. The van der Waals surface area contributed by atoms with Gasteiger partial charge in [-0.1, -0.05) is 17.8 Å². The highest BCUT2D eigenvalue weighted by Crippen LogP contribution is 2.36. The van der Waals surface area contributed by atoms with Gasteiger partial charge in [-0.3, -0.25) is 4.40 Å². The van der Waals surface area contributed by atoms with Gasteiger partial charge in [-0.15, -0.1) is 11.3 Å². The Kier molecular flexibility index (Phi) is 4.65. The van der Waals surface area contributed by atoms with Crippen LogP contribution in [0.5, 0.6) is 0 Å². The molecule has 1 N–H and O–H groups in total. The predicted molar refractivity (Wildman–Crippen MR) is 84.0 cm³/mol. The van der Waals surface area contributed by atoms with E-state index in [1.54, 1.807) is 6.07 Å². The van der Waals surface area contributed by atoms with Crippen LogP contribution in [0.25, 0.3) is 4.96 Å². The molecule has 0 saturated carbocycles. The molecule has 0 amide bonds. The smallest absolute Gasteiger partial charge is 0.396 e. The van der Waals surface area contributed by atoms with Gasteiger partial charge in [-0.2, -0.15) is 13.2 Å². The number of fused-ring (bicyclic) bond motifs is 1. The summed E-state index contributed by atoms with van der Waals surface area (Å²) in [5, 5.41) is 11.6. The van der Waals surface area contributed by atoms with Crippen molar-refractivity contribution < 1.29 is 18.3 Å². The fraction of sp³-hybridized carbons (Fsp3) is 0.267. The van der Waals surface area contributed by atoms with Gasteiger partial charge in [0.25, 0.3) is 0 Å². The van der Waals surface area contributed by atoms with Gasteiger partial charge in [0.15, 0.2) is 4.96 Å². The van der Waals surface area contributed by atoms with Crippen molar-refractivity contribution in [1.82, 2.24) is 9.38 Å². The van der Waals surface area contributed by atoms with Crippen LogP contribution >= 0.6 is 23.1 Å². The molecule has 3 nitrogen and oxygen atoms in total. The van der Waals surface area contributed by atoms with E-state index in [-0.39, 0.29) is 6.61 Å². The first-order valence-electron chi connectivity index (χ1n) is 6.89. The van der Waals surface area contributed by atoms with Crippen molar-refractivity contribution in [3.8, 4) is 0 Å². The minimum absolute atomic E-state index is 0.0606. The average Bonchev–Trinajstić information content (AvgIpc) is 3.06. The second kappa shape index (κ2) is 6.54. The lowest BCUT2D eigenvalue weighted by Crippen LogP contribution is -2.04. The molecular weight excluding hydrogens is 345 g/mol. The monoisotopic (exact) mass is 358 g/mol. The van der Waals surface area contributed by atoms with Crippen LogP contribution in [0.3, 0.4) is 0 Å². The van der Waals surface area contributed by atoms with Gasteiger partial charge in [0, 0.05) is 23.1 Å². The summed E-state index contributed by atoms with van der Waals surface area (Å²) in [6, 6.07) is 5.23. The number of imidazole rings is 1. The van der Waals surface area contributed by atoms with E-state index in [0.29, 0.717) is 22.8 Å². The molecule has 3 aromatic rings. The van der Waals surface area contributed by atoms with E-state index < -0.39 is 11.7 Å². The summed E-state index contributed by atoms with van der Waals surface area (Å²) >= 11 is 2.69. The zero-order valence-corrected chi connectivity index (χ0v) is 13.5. The number of rotatable bonds is 5. The van der Waals surface area contributed by atoms with Gasteiger partial charge >= 0.3 is 6.18 Å². The Labute approximate surface area is 138 Å². The number of halogens is 3. The van der Waals surface area contributed by atoms with Crippen molar-refractivity contribution in [3.05, 3.63) is 47.1 Å². The number of hydrogen-bond donors (Lipinski definition) is 1. The summed E-state index contributed by atoms with van der Waals surface area (Å²) in [5.41, 5.74) is 0.248. The van der Waals surface area contributed by atoms with Gasteiger partial charge in [-0.25, -0.2) is 4.98 Å². The van der Waals surface area contributed by atoms with Crippen LogP contribution in [0, 0.1) is 0 Å². The van der Waals surface area contributed by atoms with Crippen LogP contribution in [0.15, 0.2) is 45.8 Å². The minimum atomic E-state index is -4.36. The normalized spacial score (nSPS) is 12.2. The zero-order chi connectivity index (χ0) is 16.4. The van der Waals surface area contributed by atoms with Crippen LogP contribution in [-0.4, -0.2) is 21.1 Å². The third kappa shape index (κ3) is 3.54. The zero-order valence-electron chi connectivity index (χ0n) is 11.9. The van der Waals surface area contributed by atoms with E-state index in [4.69, 9.17) is 5.11 Å². The van der Waals surface area contributed by atoms with E-state index in [1.807, 2.05) is 16.0 Å². The molecule has 1 aromatic carbocycles. The minimum Gasteiger partial charge on any atom is -0.396 e. The van der Waals surface area contributed by atoms with Crippen LogP contribution in [0.1, 0.15) is 17.7 Å². The maximum atomic E-state index is 12.8. The highest BCUT2D eigenvalue weighted by molar-refractivity contribution is 7.99. The molecule has 0 atom stereocenters. The molecule has 0 spiro atoms. The van der Waals surface area contributed by atoms with Crippen molar-refractivity contribution in [3.63, 3.8) is 0 Å². The Morgan fingerprint density at radius 2 is 2.13 bits per heavy atom. The third-order valence-corrected chi connectivity index (χ3v) is 5.04. The van der Waals surface area contributed by atoms with Gasteiger partial charge in [0.1, 0.15) is 5.03 Å². The standard InChI is InChI=1S/C15H13F3N2OS2/c16-15(17,18)10-3-1-4-11(9-10)23-13-12(5-2-7-21)20-6-8-22-14(20)19-13/h1,3-4,6,8-9,21H,2,5,7H2. The summed E-state index contributed by atoms with van der Waals surface area (Å²) in [5.74, 6) is 0. The SMILES string of the molecule is OCCCc1c(Sc2cccc(C(F)(F)F)c2)nc2sccn12. The van der Waals surface area contributed by atoms with Crippen molar-refractivity contribution >= 4 is 28.1 Å². The summed E-state index contributed by atoms with van der Waals surface area (Å²) in [6.07, 6.45) is -1.27. The fourth-order valence-corrected chi connectivity index (χ4v) is 4.01. The third-order valence-electron chi connectivity index (χ3n) is 3.27. The van der Waals surface area contributed by atoms with Gasteiger partial charge < -0.3 is 5.11 Å². The molecule has 23 heavy (non-hydrogen) atoms. The molecular formula is C15H13F3N2OS2. The number of aryl methyl sites for hydroxylation is 1. The maximum Gasteiger partial charge on any atom is 0.416 e. The second-order valence-corrected chi connectivity index (χ2v) is 6.81. The summed E-state index contributed by atoms with van der Waals surface area (Å²) < 4.78 is 40.4. The largest absolute Gasteiger partial charge is 0.416 e. The molecule has 0 bridgehead atoms. The highest BCUT2D eigenvalue weighted by atomic mass is 32.2. The second-order valence-electron chi connectivity index (χ2n) is 4.87. The Morgan fingerprint density at radius 1 is 1.30 bits per heavy atom.